The molecule has 0 aliphatic heterocycles. The first-order valence-corrected chi connectivity index (χ1v) is 11.3. The van der Waals surface area contributed by atoms with Gasteiger partial charge in [0.2, 0.25) is 0 Å². The van der Waals surface area contributed by atoms with Crippen LogP contribution >= 0.6 is 0 Å². The van der Waals surface area contributed by atoms with Crippen molar-refractivity contribution in [3.63, 3.8) is 0 Å². The number of phenolic OH excluding ortho intramolecular Hbond substituents is 2. The van der Waals surface area contributed by atoms with Crippen molar-refractivity contribution in [2.75, 3.05) is 0 Å². The summed E-state index contributed by atoms with van der Waals surface area (Å²) in [6.45, 7) is 6.37. The van der Waals surface area contributed by atoms with Crippen molar-refractivity contribution in [3.8, 4) is 23.0 Å². The van der Waals surface area contributed by atoms with Crippen LogP contribution in [0.15, 0.2) is 89.1 Å². The minimum absolute atomic E-state index is 0. The van der Waals surface area contributed by atoms with Crippen LogP contribution in [0.3, 0.4) is 0 Å². The zero-order valence-corrected chi connectivity index (χ0v) is 22.5. The third kappa shape index (κ3) is 8.19. The molecule has 0 saturated carbocycles. The maximum Gasteiger partial charge on any atom is 0.348 e. The standard InChI is InChI=1S/2C14H13NO4.Co/c2*1-8-7-12(17)13(14(18)19-8)9(2)15-10-3-5-11(16)6-4-10;/h2*3-7,16-17H,1-2H3;. The van der Waals surface area contributed by atoms with Crippen molar-refractivity contribution in [1.29, 1.82) is 0 Å². The molecule has 4 rings (SSSR count). The van der Waals surface area contributed by atoms with Crippen LogP contribution < -0.4 is 11.3 Å². The number of aliphatic imine (C=N–C) groups is 2. The third-order valence-electron chi connectivity index (χ3n) is 5.12. The number of hydrogen-bond donors (Lipinski definition) is 4. The van der Waals surface area contributed by atoms with E-state index in [9.17, 15) is 30.0 Å². The largest absolute Gasteiger partial charge is 0.508 e. The number of benzene rings is 2. The summed E-state index contributed by atoms with van der Waals surface area (Å²) in [7, 11) is 0. The van der Waals surface area contributed by atoms with Crippen LogP contribution in [0, 0.1) is 13.8 Å². The Balaban J connectivity index is 0.000000267. The first-order chi connectivity index (χ1) is 17.9. The average Bonchev–Trinajstić information content (AvgIpc) is 2.81. The zero-order chi connectivity index (χ0) is 28.0. The second-order valence-electron chi connectivity index (χ2n) is 8.24. The number of phenols is 2. The summed E-state index contributed by atoms with van der Waals surface area (Å²) in [6, 6.07) is 15.1. The minimum atomic E-state index is -0.627. The first kappa shape index (κ1) is 30.6. The van der Waals surface area contributed by atoms with Crippen LogP contribution in [-0.2, 0) is 16.8 Å². The number of nitrogens with zero attached hydrogens (tertiary/aromatic N) is 2. The Morgan fingerprint density at radius 3 is 1.21 bits per heavy atom. The van der Waals surface area contributed by atoms with E-state index in [0.29, 0.717) is 34.3 Å². The van der Waals surface area contributed by atoms with Gasteiger partial charge in [-0.2, -0.15) is 0 Å². The predicted octanol–water partition coefficient (Wildman–Crippen LogP) is 5.00. The van der Waals surface area contributed by atoms with E-state index in [2.05, 4.69) is 9.98 Å². The Hall–Kier alpha value is -4.61. The molecule has 0 unspecified atom stereocenters. The fraction of sp³-hybridized carbons (Fsp3) is 0.143. The Morgan fingerprint density at radius 1 is 0.615 bits per heavy atom. The van der Waals surface area contributed by atoms with Gasteiger partial charge in [-0.3, -0.25) is 9.98 Å². The summed E-state index contributed by atoms with van der Waals surface area (Å²) < 4.78 is 9.86. The molecule has 0 spiro atoms. The Kier molecular flexibility index (Phi) is 10.4. The SMILES string of the molecule is CC(=Nc1ccc(O)cc1)c1c(O)cc(C)oc1=O.CC(=Nc1ccc(O)cc1)c1c(O)cc(C)oc1=O.[Co]. The second kappa shape index (κ2) is 13.3. The third-order valence-corrected chi connectivity index (χ3v) is 5.12. The van der Waals surface area contributed by atoms with Gasteiger partial charge >= 0.3 is 11.3 Å². The van der Waals surface area contributed by atoms with Crippen molar-refractivity contribution >= 4 is 22.8 Å². The zero-order valence-electron chi connectivity index (χ0n) is 21.4. The van der Waals surface area contributed by atoms with E-state index in [4.69, 9.17) is 8.83 Å². The summed E-state index contributed by atoms with van der Waals surface area (Å²) >= 11 is 0. The number of rotatable bonds is 4. The average molecular weight is 577 g/mol. The van der Waals surface area contributed by atoms with Gasteiger partial charge in [0.15, 0.2) is 0 Å². The van der Waals surface area contributed by atoms with Crippen LogP contribution in [0.25, 0.3) is 0 Å². The van der Waals surface area contributed by atoms with Crippen molar-refractivity contribution in [1.82, 2.24) is 0 Å². The minimum Gasteiger partial charge on any atom is -0.508 e. The molecule has 0 aliphatic rings. The van der Waals surface area contributed by atoms with Gasteiger partial charge in [-0.1, -0.05) is 0 Å². The fourth-order valence-corrected chi connectivity index (χ4v) is 3.41. The quantitative estimate of drug-likeness (QED) is 0.246. The normalized spacial score (nSPS) is 11.3. The van der Waals surface area contributed by atoms with Crippen LogP contribution in [0.5, 0.6) is 23.0 Å². The van der Waals surface area contributed by atoms with E-state index < -0.39 is 11.3 Å². The van der Waals surface area contributed by atoms with E-state index in [1.54, 1.807) is 52.0 Å². The Bertz CT molecular complexity index is 1500. The summed E-state index contributed by atoms with van der Waals surface area (Å²) in [5.41, 5.74) is 0.644. The molecule has 2 heterocycles. The van der Waals surface area contributed by atoms with Gasteiger partial charge in [0.1, 0.15) is 45.6 Å². The predicted molar refractivity (Wildman–Crippen MR) is 143 cm³/mol. The molecule has 1 radical (unpaired) electrons. The molecule has 0 bridgehead atoms. The monoisotopic (exact) mass is 577 g/mol. The molecule has 0 saturated heterocycles. The molecule has 10 nitrogen and oxygen atoms in total. The molecule has 0 amide bonds. The molecule has 2 aromatic heterocycles. The number of aromatic hydroxyl groups is 4. The topological polar surface area (TPSA) is 166 Å². The van der Waals surface area contributed by atoms with Crippen LogP contribution in [0.4, 0.5) is 11.4 Å². The van der Waals surface area contributed by atoms with Crippen molar-refractivity contribution in [2.45, 2.75) is 27.7 Å². The first-order valence-electron chi connectivity index (χ1n) is 11.3. The maximum absolute atomic E-state index is 11.7. The summed E-state index contributed by atoms with van der Waals surface area (Å²) in [5, 5.41) is 37.9. The molecule has 4 N–H and O–H groups in total. The van der Waals surface area contributed by atoms with E-state index in [0.717, 1.165) is 0 Å². The fourth-order valence-electron chi connectivity index (χ4n) is 3.41. The maximum atomic E-state index is 11.7. The van der Waals surface area contributed by atoms with E-state index in [-0.39, 0.29) is 50.9 Å². The van der Waals surface area contributed by atoms with Gasteiger partial charge in [-0.05, 0) is 76.2 Å². The van der Waals surface area contributed by atoms with Crippen molar-refractivity contribution in [2.24, 2.45) is 9.98 Å². The second-order valence-corrected chi connectivity index (χ2v) is 8.24. The molecule has 0 fully saturated rings. The van der Waals surface area contributed by atoms with Gasteiger partial charge in [0.05, 0.1) is 22.8 Å². The van der Waals surface area contributed by atoms with E-state index >= 15 is 0 Å². The van der Waals surface area contributed by atoms with Gasteiger partial charge in [-0.25, -0.2) is 9.59 Å². The Labute approximate surface area is 233 Å². The van der Waals surface area contributed by atoms with Crippen LogP contribution in [0.1, 0.15) is 36.5 Å². The smallest absolute Gasteiger partial charge is 0.348 e. The van der Waals surface area contributed by atoms with Gasteiger partial charge in [-0.15, -0.1) is 0 Å². The van der Waals surface area contributed by atoms with Gasteiger partial charge in [0, 0.05) is 28.9 Å². The van der Waals surface area contributed by atoms with Crippen molar-refractivity contribution in [3.05, 3.63) is 104 Å². The molecule has 0 aliphatic carbocycles. The molecule has 2 aromatic carbocycles. The molecule has 205 valence electrons. The summed E-state index contributed by atoms with van der Waals surface area (Å²) in [6.07, 6.45) is 0. The van der Waals surface area contributed by atoms with Gasteiger partial charge in [0.25, 0.3) is 0 Å². The molecule has 11 heteroatoms. The molecular weight excluding hydrogens is 551 g/mol. The van der Waals surface area contributed by atoms with Crippen LogP contribution in [-0.4, -0.2) is 31.8 Å². The van der Waals surface area contributed by atoms with E-state index in [1.807, 2.05) is 0 Å². The molecular formula is C28H26CoN2O8. The van der Waals surface area contributed by atoms with Gasteiger partial charge < -0.3 is 29.3 Å². The molecule has 4 aromatic rings. The van der Waals surface area contributed by atoms with Crippen LogP contribution in [0.2, 0.25) is 0 Å². The summed E-state index contributed by atoms with van der Waals surface area (Å²) in [5.74, 6) is 0.624. The molecule has 0 atom stereocenters. The molecule has 39 heavy (non-hydrogen) atoms. The number of aryl methyl sites for hydroxylation is 2. The van der Waals surface area contributed by atoms with Crippen molar-refractivity contribution < 1.29 is 46.0 Å². The number of hydrogen-bond acceptors (Lipinski definition) is 10. The van der Waals surface area contributed by atoms with E-state index in [1.165, 1.54) is 36.4 Å². The Morgan fingerprint density at radius 2 is 0.923 bits per heavy atom. The summed E-state index contributed by atoms with van der Waals surface area (Å²) in [4.78, 5) is 31.8.